The van der Waals surface area contributed by atoms with Gasteiger partial charge in [-0.1, -0.05) is 33.6 Å². The van der Waals surface area contributed by atoms with Gasteiger partial charge in [-0.15, -0.1) is 0 Å². The Hall–Kier alpha value is -1.26. The van der Waals surface area contributed by atoms with Crippen LogP contribution in [0.2, 0.25) is 0 Å². The highest BCUT2D eigenvalue weighted by atomic mass is 16.4. The van der Waals surface area contributed by atoms with Gasteiger partial charge in [-0.05, 0) is 30.6 Å². The molecule has 1 aliphatic heterocycles. The normalized spacial score (nSPS) is 18.5. The van der Waals surface area contributed by atoms with E-state index >= 15 is 0 Å². The van der Waals surface area contributed by atoms with Gasteiger partial charge in [0.2, 0.25) is 0 Å². The number of amides is 2. The highest BCUT2D eigenvalue weighted by molar-refractivity contribution is 5.74. The van der Waals surface area contributed by atoms with Gasteiger partial charge < -0.3 is 15.3 Å². The zero-order chi connectivity index (χ0) is 15.9. The monoisotopic (exact) mass is 298 g/mol. The van der Waals surface area contributed by atoms with Crippen molar-refractivity contribution >= 4 is 12.0 Å². The standard InChI is InChI=1S/C16H30N2O3/c1-4-5-13(6-7-14(19)20)8-10-17-15(21)18-11-9-16(2,3)12-18/h13H,4-12H2,1-3H3,(H,17,21)(H,19,20). The molecule has 0 aromatic carbocycles. The third kappa shape index (κ3) is 6.82. The number of hydrogen-bond acceptors (Lipinski definition) is 2. The molecule has 1 aliphatic rings. The highest BCUT2D eigenvalue weighted by Gasteiger charge is 2.31. The van der Waals surface area contributed by atoms with E-state index in [2.05, 4.69) is 26.1 Å². The molecule has 0 saturated carbocycles. The van der Waals surface area contributed by atoms with Crippen molar-refractivity contribution in [1.82, 2.24) is 10.2 Å². The van der Waals surface area contributed by atoms with Gasteiger partial charge >= 0.3 is 12.0 Å². The second-order valence-corrected chi connectivity index (χ2v) is 6.94. The van der Waals surface area contributed by atoms with Crippen LogP contribution in [0, 0.1) is 11.3 Å². The quantitative estimate of drug-likeness (QED) is 0.723. The number of rotatable bonds is 8. The minimum Gasteiger partial charge on any atom is -0.481 e. The molecule has 2 amide bonds. The summed E-state index contributed by atoms with van der Waals surface area (Å²) in [5.41, 5.74) is 0.226. The summed E-state index contributed by atoms with van der Waals surface area (Å²) in [6, 6.07) is 0.0223. The summed E-state index contributed by atoms with van der Waals surface area (Å²) in [4.78, 5) is 24.6. The first-order valence-corrected chi connectivity index (χ1v) is 8.08. The van der Waals surface area contributed by atoms with E-state index in [1.54, 1.807) is 0 Å². The molecule has 0 radical (unpaired) electrons. The van der Waals surface area contributed by atoms with E-state index < -0.39 is 5.97 Å². The average Bonchev–Trinajstić information content (AvgIpc) is 2.76. The van der Waals surface area contributed by atoms with Gasteiger partial charge in [0.05, 0.1) is 0 Å². The van der Waals surface area contributed by atoms with Crippen LogP contribution in [0.5, 0.6) is 0 Å². The Bertz CT molecular complexity index is 355. The Morgan fingerprint density at radius 3 is 2.52 bits per heavy atom. The molecule has 0 spiro atoms. The lowest BCUT2D eigenvalue weighted by atomic mass is 9.93. The fourth-order valence-corrected chi connectivity index (χ4v) is 2.95. The first kappa shape index (κ1) is 17.8. The van der Waals surface area contributed by atoms with E-state index in [1.165, 1.54) is 0 Å². The maximum absolute atomic E-state index is 12.1. The number of aliphatic carboxylic acids is 1. The van der Waals surface area contributed by atoms with Gasteiger partial charge in [0, 0.05) is 26.1 Å². The molecule has 0 aromatic rings. The molecule has 1 heterocycles. The molecule has 5 nitrogen and oxygen atoms in total. The molecule has 2 N–H and O–H groups in total. The predicted molar refractivity (Wildman–Crippen MR) is 83.3 cm³/mol. The summed E-state index contributed by atoms with van der Waals surface area (Å²) in [5, 5.41) is 11.7. The average molecular weight is 298 g/mol. The van der Waals surface area contributed by atoms with Crippen LogP contribution < -0.4 is 5.32 Å². The van der Waals surface area contributed by atoms with Gasteiger partial charge in [0.15, 0.2) is 0 Å². The maximum atomic E-state index is 12.1. The molecule has 1 fully saturated rings. The zero-order valence-corrected chi connectivity index (χ0v) is 13.7. The van der Waals surface area contributed by atoms with Gasteiger partial charge in [-0.2, -0.15) is 0 Å². The number of likely N-dealkylation sites (tertiary alicyclic amines) is 1. The first-order valence-electron chi connectivity index (χ1n) is 8.08. The van der Waals surface area contributed by atoms with Crippen LogP contribution in [0.15, 0.2) is 0 Å². The van der Waals surface area contributed by atoms with E-state index in [0.717, 1.165) is 38.8 Å². The van der Waals surface area contributed by atoms with Gasteiger partial charge in [-0.25, -0.2) is 4.79 Å². The Labute approximate surface area is 128 Å². The molecule has 5 heteroatoms. The number of hydrogen-bond donors (Lipinski definition) is 2. The van der Waals surface area contributed by atoms with Crippen LogP contribution in [-0.2, 0) is 4.79 Å². The van der Waals surface area contributed by atoms with Gasteiger partial charge in [-0.3, -0.25) is 4.79 Å². The SMILES string of the molecule is CCCC(CCNC(=O)N1CCC(C)(C)C1)CCC(=O)O. The number of nitrogens with zero attached hydrogens (tertiary/aromatic N) is 1. The molecule has 1 unspecified atom stereocenters. The van der Waals surface area contributed by atoms with Crippen LogP contribution in [0.1, 0.15) is 59.3 Å². The fraction of sp³-hybridized carbons (Fsp3) is 0.875. The number of urea groups is 1. The lowest BCUT2D eigenvalue weighted by Gasteiger charge is -2.21. The molecule has 122 valence electrons. The van der Waals surface area contributed by atoms with Crippen molar-refractivity contribution in [2.75, 3.05) is 19.6 Å². The number of carbonyl (C=O) groups excluding carboxylic acids is 1. The summed E-state index contributed by atoms with van der Waals surface area (Å²) in [6.07, 6.45) is 4.93. The third-order valence-electron chi connectivity index (χ3n) is 4.26. The summed E-state index contributed by atoms with van der Waals surface area (Å²) in [5.74, 6) is -0.346. The molecule has 21 heavy (non-hydrogen) atoms. The Morgan fingerprint density at radius 2 is 2.00 bits per heavy atom. The lowest BCUT2D eigenvalue weighted by molar-refractivity contribution is -0.137. The zero-order valence-electron chi connectivity index (χ0n) is 13.7. The van der Waals surface area contributed by atoms with Crippen molar-refractivity contribution in [3.63, 3.8) is 0 Å². The molecular formula is C16H30N2O3. The molecule has 0 aliphatic carbocycles. The van der Waals surface area contributed by atoms with Crippen LogP contribution in [0.4, 0.5) is 4.79 Å². The second kappa shape index (κ2) is 8.25. The third-order valence-corrected chi connectivity index (χ3v) is 4.26. The summed E-state index contributed by atoms with van der Waals surface area (Å²) >= 11 is 0. The second-order valence-electron chi connectivity index (χ2n) is 6.94. The Morgan fingerprint density at radius 1 is 1.29 bits per heavy atom. The topological polar surface area (TPSA) is 69.6 Å². The van der Waals surface area contributed by atoms with Crippen molar-refractivity contribution < 1.29 is 14.7 Å². The summed E-state index contributed by atoms with van der Waals surface area (Å²) < 4.78 is 0. The van der Waals surface area contributed by atoms with Crippen LogP contribution in [0.3, 0.4) is 0 Å². The molecule has 1 atom stereocenters. The van der Waals surface area contributed by atoms with E-state index in [0.29, 0.717) is 18.9 Å². The van der Waals surface area contributed by atoms with Crippen molar-refractivity contribution in [3.05, 3.63) is 0 Å². The molecule has 1 saturated heterocycles. The minimum absolute atomic E-state index is 0.0223. The minimum atomic E-state index is -0.737. The van der Waals surface area contributed by atoms with E-state index in [4.69, 9.17) is 5.11 Å². The van der Waals surface area contributed by atoms with E-state index in [9.17, 15) is 9.59 Å². The molecule has 1 rings (SSSR count). The van der Waals surface area contributed by atoms with Gasteiger partial charge in [0.25, 0.3) is 0 Å². The number of carbonyl (C=O) groups is 2. The van der Waals surface area contributed by atoms with Crippen LogP contribution >= 0.6 is 0 Å². The molecular weight excluding hydrogens is 268 g/mol. The molecule has 0 aromatic heterocycles. The number of carboxylic acid groups (broad SMARTS) is 1. The highest BCUT2D eigenvalue weighted by Crippen LogP contribution is 2.28. The fourth-order valence-electron chi connectivity index (χ4n) is 2.95. The van der Waals surface area contributed by atoms with Gasteiger partial charge in [0.1, 0.15) is 0 Å². The van der Waals surface area contributed by atoms with Crippen LogP contribution in [0.25, 0.3) is 0 Å². The van der Waals surface area contributed by atoms with Crippen molar-refractivity contribution in [2.24, 2.45) is 11.3 Å². The van der Waals surface area contributed by atoms with Crippen molar-refractivity contribution in [1.29, 1.82) is 0 Å². The Kier molecular flexibility index (Phi) is 6.99. The van der Waals surface area contributed by atoms with E-state index in [1.807, 2.05) is 4.90 Å². The predicted octanol–water partition coefficient (Wildman–Crippen LogP) is 3.10. The van der Waals surface area contributed by atoms with E-state index in [-0.39, 0.29) is 17.9 Å². The Balaban J connectivity index is 2.26. The van der Waals surface area contributed by atoms with Crippen molar-refractivity contribution in [2.45, 2.75) is 59.3 Å². The van der Waals surface area contributed by atoms with Crippen molar-refractivity contribution in [3.8, 4) is 0 Å². The summed E-state index contributed by atoms with van der Waals surface area (Å²) in [7, 11) is 0. The summed E-state index contributed by atoms with van der Waals surface area (Å²) in [6.45, 7) is 8.76. The lowest BCUT2D eigenvalue weighted by Crippen LogP contribution is -2.40. The first-order chi connectivity index (χ1) is 9.84. The molecule has 0 bridgehead atoms. The van der Waals surface area contributed by atoms with Crippen LogP contribution in [-0.4, -0.2) is 41.6 Å². The largest absolute Gasteiger partial charge is 0.481 e. The smallest absolute Gasteiger partial charge is 0.317 e. The maximum Gasteiger partial charge on any atom is 0.317 e. The number of carboxylic acids is 1. The number of nitrogens with one attached hydrogen (secondary N) is 1.